The van der Waals surface area contributed by atoms with E-state index in [9.17, 15) is 14.9 Å². The third-order valence-corrected chi connectivity index (χ3v) is 3.91. The van der Waals surface area contributed by atoms with Crippen LogP contribution in [-0.2, 0) is 17.8 Å². The van der Waals surface area contributed by atoms with Crippen LogP contribution in [0.25, 0.3) is 0 Å². The van der Waals surface area contributed by atoms with E-state index in [1.54, 1.807) is 10.6 Å². The van der Waals surface area contributed by atoms with Crippen LogP contribution in [0.3, 0.4) is 0 Å². The van der Waals surface area contributed by atoms with Crippen LogP contribution in [0.15, 0.2) is 36.7 Å². The Labute approximate surface area is 141 Å². The Morgan fingerprint density at radius 3 is 2.42 bits per heavy atom. The molecule has 0 fully saturated rings. The number of nitro groups is 1. The van der Waals surface area contributed by atoms with E-state index in [1.807, 2.05) is 38.4 Å². The van der Waals surface area contributed by atoms with Crippen molar-refractivity contribution < 1.29 is 14.3 Å². The molecule has 24 heavy (non-hydrogen) atoms. The van der Waals surface area contributed by atoms with Crippen LogP contribution < -0.4 is 9.88 Å². The first-order valence-electron chi connectivity index (χ1n) is 7.94. The summed E-state index contributed by atoms with van der Waals surface area (Å²) >= 11 is 0. The Kier molecular flexibility index (Phi) is 5.63. The summed E-state index contributed by atoms with van der Waals surface area (Å²) in [7, 11) is 0. The van der Waals surface area contributed by atoms with Gasteiger partial charge in [0.2, 0.25) is 6.54 Å². The van der Waals surface area contributed by atoms with Crippen LogP contribution in [-0.4, -0.2) is 10.8 Å². The summed E-state index contributed by atoms with van der Waals surface area (Å²) in [6.45, 7) is 5.89. The van der Waals surface area contributed by atoms with Gasteiger partial charge >= 0.3 is 0 Å². The van der Waals surface area contributed by atoms with Crippen molar-refractivity contribution in [1.82, 2.24) is 0 Å². The van der Waals surface area contributed by atoms with E-state index < -0.39 is 4.92 Å². The molecule has 0 aliphatic carbocycles. The monoisotopic (exact) mass is 328 g/mol. The molecule has 0 unspecified atom stereocenters. The normalized spacial score (nSPS) is 10.5. The summed E-state index contributed by atoms with van der Waals surface area (Å²) in [6, 6.07) is 7.09. The maximum Gasteiger partial charge on any atom is 0.293 e. The molecule has 0 saturated carbocycles. The fourth-order valence-corrected chi connectivity index (χ4v) is 2.46. The molecular formula is C18H22N3O3+. The highest BCUT2D eigenvalue weighted by atomic mass is 16.6. The van der Waals surface area contributed by atoms with Gasteiger partial charge < -0.3 is 5.32 Å². The van der Waals surface area contributed by atoms with E-state index in [1.165, 1.54) is 11.6 Å². The summed E-state index contributed by atoms with van der Waals surface area (Å²) in [5.41, 5.74) is 3.08. The molecule has 0 radical (unpaired) electrons. The molecule has 2 aromatic rings. The number of hydrogen-bond donors (Lipinski definition) is 1. The molecule has 126 valence electrons. The van der Waals surface area contributed by atoms with Gasteiger partial charge in [-0.1, -0.05) is 13.3 Å². The second-order valence-corrected chi connectivity index (χ2v) is 5.89. The molecule has 1 N–H and O–H groups in total. The molecule has 1 amide bonds. The van der Waals surface area contributed by atoms with Crippen LogP contribution in [0.2, 0.25) is 0 Å². The van der Waals surface area contributed by atoms with Crippen LogP contribution in [0.1, 0.15) is 30.0 Å². The molecule has 2 rings (SSSR count). The Hall–Kier alpha value is -2.76. The molecule has 0 atom stereocenters. The number of carbonyl (C=O) groups excluding carboxylic acids is 1. The first-order valence-corrected chi connectivity index (χ1v) is 7.94. The number of amides is 1. The van der Waals surface area contributed by atoms with Crippen LogP contribution in [0.5, 0.6) is 0 Å². The number of pyridine rings is 1. The second kappa shape index (κ2) is 7.68. The first-order chi connectivity index (χ1) is 11.4. The maximum atomic E-state index is 12.2. The van der Waals surface area contributed by atoms with Crippen molar-refractivity contribution in [2.45, 2.75) is 40.2 Å². The summed E-state index contributed by atoms with van der Waals surface area (Å²) in [5.74, 6) is -0.297. The standard InChI is InChI=1S/C18H21N3O3/c1-4-5-15-6-8-20(9-7-15)12-18(22)19-16-10-13(2)14(3)11-17(16)21(23)24/h6-11H,4-5,12H2,1-3H3/p+1. The predicted molar refractivity (Wildman–Crippen MR) is 91.8 cm³/mol. The van der Waals surface area contributed by atoms with Crippen molar-refractivity contribution in [1.29, 1.82) is 0 Å². The Balaban J connectivity index is 2.12. The summed E-state index contributed by atoms with van der Waals surface area (Å²) < 4.78 is 1.75. The Morgan fingerprint density at radius 1 is 1.21 bits per heavy atom. The smallest absolute Gasteiger partial charge is 0.293 e. The minimum atomic E-state index is -0.477. The van der Waals surface area contributed by atoms with E-state index in [2.05, 4.69) is 12.2 Å². The van der Waals surface area contributed by atoms with Gasteiger partial charge in [-0.15, -0.1) is 0 Å². The number of nitrogens with zero attached hydrogens (tertiary/aromatic N) is 2. The van der Waals surface area contributed by atoms with E-state index in [0.29, 0.717) is 0 Å². The van der Waals surface area contributed by atoms with Gasteiger partial charge in [-0.05, 0) is 43.0 Å². The van der Waals surface area contributed by atoms with Crippen molar-refractivity contribution in [3.63, 3.8) is 0 Å². The average molecular weight is 328 g/mol. The Bertz CT molecular complexity index is 755. The Morgan fingerprint density at radius 2 is 1.83 bits per heavy atom. The number of benzene rings is 1. The molecule has 1 heterocycles. The molecule has 1 aromatic carbocycles. The van der Waals surface area contributed by atoms with Crippen molar-refractivity contribution in [3.05, 3.63) is 63.5 Å². The fraction of sp³-hybridized carbons (Fsp3) is 0.333. The van der Waals surface area contributed by atoms with E-state index >= 15 is 0 Å². The van der Waals surface area contributed by atoms with E-state index in [4.69, 9.17) is 0 Å². The van der Waals surface area contributed by atoms with Gasteiger partial charge in [0.25, 0.3) is 11.6 Å². The van der Waals surface area contributed by atoms with E-state index in [-0.39, 0.29) is 23.8 Å². The van der Waals surface area contributed by atoms with Crippen molar-refractivity contribution >= 4 is 17.3 Å². The first kappa shape index (κ1) is 17.6. The second-order valence-electron chi connectivity index (χ2n) is 5.89. The molecule has 0 aliphatic heterocycles. The topological polar surface area (TPSA) is 76.1 Å². The molecule has 1 aromatic heterocycles. The van der Waals surface area contributed by atoms with Crippen molar-refractivity contribution in [2.75, 3.05) is 5.32 Å². The number of hydrogen-bond acceptors (Lipinski definition) is 3. The minimum absolute atomic E-state index is 0.0882. The highest BCUT2D eigenvalue weighted by molar-refractivity contribution is 5.92. The lowest BCUT2D eigenvalue weighted by molar-refractivity contribution is -0.684. The van der Waals surface area contributed by atoms with Gasteiger partial charge in [-0.25, -0.2) is 0 Å². The van der Waals surface area contributed by atoms with Gasteiger partial charge in [0, 0.05) is 18.2 Å². The average Bonchev–Trinajstić information content (AvgIpc) is 2.52. The number of aryl methyl sites for hydroxylation is 3. The fourth-order valence-electron chi connectivity index (χ4n) is 2.46. The molecule has 0 saturated heterocycles. The maximum absolute atomic E-state index is 12.2. The predicted octanol–water partition coefficient (Wildman–Crippen LogP) is 3.09. The van der Waals surface area contributed by atoms with Gasteiger partial charge in [0.1, 0.15) is 5.69 Å². The molecule has 6 nitrogen and oxygen atoms in total. The zero-order valence-electron chi connectivity index (χ0n) is 14.2. The lowest BCUT2D eigenvalue weighted by Crippen LogP contribution is -2.39. The van der Waals surface area contributed by atoms with Crippen LogP contribution >= 0.6 is 0 Å². The van der Waals surface area contributed by atoms with Gasteiger partial charge in [0.05, 0.1) is 4.92 Å². The van der Waals surface area contributed by atoms with Gasteiger partial charge in [-0.2, -0.15) is 4.57 Å². The quantitative estimate of drug-likeness (QED) is 0.503. The molecule has 0 bridgehead atoms. The summed E-state index contributed by atoms with van der Waals surface area (Å²) in [5, 5.41) is 13.8. The third kappa shape index (κ3) is 4.38. The number of nitrogens with one attached hydrogen (secondary N) is 1. The molecule has 0 aliphatic rings. The number of nitro benzene ring substituents is 1. The number of aromatic nitrogens is 1. The highest BCUT2D eigenvalue weighted by Crippen LogP contribution is 2.27. The number of anilines is 1. The zero-order chi connectivity index (χ0) is 17.7. The van der Waals surface area contributed by atoms with Crippen LogP contribution in [0, 0.1) is 24.0 Å². The zero-order valence-corrected chi connectivity index (χ0v) is 14.2. The lowest BCUT2D eigenvalue weighted by atomic mass is 10.1. The van der Waals surface area contributed by atoms with Crippen molar-refractivity contribution in [2.24, 2.45) is 0 Å². The van der Waals surface area contributed by atoms with E-state index in [0.717, 1.165) is 24.0 Å². The largest absolute Gasteiger partial charge is 0.315 e. The third-order valence-electron chi connectivity index (χ3n) is 3.91. The molecular weight excluding hydrogens is 306 g/mol. The molecule has 6 heteroatoms. The lowest BCUT2D eigenvalue weighted by Gasteiger charge is -2.08. The number of carbonyl (C=O) groups is 1. The van der Waals surface area contributed by atoms with Crippen LogP contribution in [0.4, 0.5) is 11.4 Å². The highest BCUT2D eigenvalue weighted by Gasteiger charge is 2.19. The van der Waals surface area contributed by atoms with Crippen molar-refractivity contribution in [3.8, 4) is 0 Å². The SMILES string of the molecule is CCCc1cc[n+](CC(=O)Nc2cc(C)c(C)cc2[N+](=O)[O-])cc1. The molecule has 0 spiro atoms. The van der Waals surface area contributed by atoms with Gasteiger partial charge in [0.15, 0.2) is 12.4 Å². The minimum Gasteiger partial charge on any atom is -0.315 e. The number of rotatable bonds is 6. The van der Waals surface area contributed by atoms with Gasteiger partial charge in [-0.3, -0.25) is 14.9 Å². The summed E-state index contributed by atoms with van der Waals surface area (Å²) in [6.07, 6.45) is 5.77. The summed E-state index contributed by atoms with van der Waals surface area (Å²) in [4.78, 5) is 22.9.